The third kappa shape index (κ3) is 6.25. The number of halogens is 2. The van der Waals surface area contributed by atoms with Gasteiger partial charge < -0.3 is 15.4 Å². The third-order valence-electron chi connectivity index (χ3n) is 4.18. The number of nitrogens with one attached hydrogen (secondary N) is 2. The van der Waals surface area contributed by atoms with Gasteiger partial charge in [0.15, 0.2) is 0 Å². The van der Waals surface area contributed by atoms with Crippen LogP contribution in [0.3, 0.4) is 0 Å². The van der Waals surface area contributed by atoms with Crippen LogP contribution >= 0.6 is 24.8 Å². The van der Waals surface area contributed by atoms with Gasteiger partial charge in [0, 0.05) is 25.5 Å². The van der Waals surface area contributed by atoms with Crippen molar-refractivity contribution >= 4 is 30.7 Å². The largest absolute Gasteiger partial charge is 0.366 e. The molecule has 2 atom stereocenters. The molecule has 1 aromatic heterocycles. The quantitative estimate of drug-likeness (QED) is 0.813. The van der Waals surface area contributed by atoms with Gasteiger partial charge >= 0.3 is 0 Å². The van der Waals surface area contributed by atoms with E-state index in [2.05, 4.69) is 46.8 Å². The number of pyridine rings is 1. The highest BCUT2D eigenvalue weighted by Gasteiger charge is 2.25. The van der Waals surface area contributed by atoms with E-state index in [0.717, 1.165) is 18.5 Å². The fourth-order valence-electron chi connectivity index (χ4n) is 2.79. The SMILES string of the molecule is Cc1ccc(CC(NC(=O)C2CNCCO2)c2cccnc2)cc1.Cl.Cl. The van der Waals surface area contributed by atoms with Crippen molar-refractivity contribution in [1.82, 2.24) is 15.6 Å². The molecule has 1 fully saturated rings. The first-order valence-electron chi connectivity index (χ1n) is 8.30. The van der Waals surface area contributed by atoms with Crippen molar-refractivity contribution in [2.75, 3.05) is 19.7 Å². The van der Waals surface area contributed by atoms with Gasteiger partial charge in [0.1, 0.15) is 6.10 Å². The second-order valence-electron chi connectivity index (χ2n) is 6.10. The van der Waals surface area contributed by atoms with E-state index in [1.54, 1.807) is 12.4 Å². The minimum absolute atomic E-state index is 0. The second kappa shape index (κ2) is 11.1. The average Bonchev–Trinajstić information content (AvgIpc) is 2.64. The Kier molecular flexibility index (Phi) is 9.59. The molecule has 0 bridgehead atoms. The van der Waals surface area contributed by atoms with Gasteiger partial charge in [0.2, 0.25) is 0 Å². The summed E-state index contributed by atoms with van der Waals surface area (Å²) in [5, 5.41) is 6.31. The zero-order valence-corrected chi connectivity index (χ0v) is 16.3. The zero-order valence-electron chi connectivity index (χ0n) is 14.7. The van der Waals surface area contributed by atoms with Crippen LogP contribution < -0.4 is 10.6 Å². The molecular formula is C19H25Cl2N3O2. The number of amides is 1. The van der Waals surface area contributed by atoms with Crippen molar-refractivity contribution in [2.24, 2.45) is 0 Å². The maximum absolute atomic E-state index is 12.5. The summed E-state index contributed by atoms with van der Waals surface area (Å²) in [6, 6.07) is 12.1. The Morgan fingerprint density at radius 1 is 1.31 bits per heavy atom. The number of nitrogens with zero attached hydrogens (tertiary/aromatic N) is 1. The van der Waals surface area contributed by atoms with Crippen molar-refractivity contribution in [2.45, 2.75) is 25.5 Å². The van der Waals surface area contributed by atoms with Crippen LogP contribution in [0.4, 0.5) is 0 Å². The molecule has 3 rings (SSSR count). The second-order valence-corrected chi connectivity index (χ2v) is 6.10. The van der Waals surface area contributed by atoms with Gasteiger partial charge in [-0.25, -0.2) is 0 Å². The summed E-state index contributed by atoms with van der Waals surface area (Å²) in [5.74, 6) is -0.0804. The lowest BCUT2D eigenvalue weighted by Crippen LogP contribution is -2.48. The number of aromatic nitrogens is 1. The summed E-state index contributed by atoms with van der Waals surface area (Å²) >= 11 is 0. The molecule has 0 spiro atoms. The fourth-order valence-corrected chi connectivity index (χ4v) is 2.79. The van der Waals surface area contributed by atoms with Gasteiger partial charge in [-0.05, 0) is 30.5 Å². The highest BCUT2D eigenvalue weighted by atomic mass is 35.5. The van der Waals surface area contributed by atoms with Gasteiger partial charge in [0.05, 0.1) is 12.6 Å². The molecule has 2 unspecified atom stereocenters. The summed E-state index contributed by atoms with van der Waals surface area (Å²) < 4.78 is 5.55. The van der Waals surface area contributed by atoms with Crippen molar-refractivity contribution in [3.05, 3.63) is 65.5 Å². The molecule has 1 aliphatic heterocycles. The number of aryl methyl sites for hydroxylation is 1. The Hall–Kier alpha value is -1.66. The summed E-state index contributed by atoms with van der Waals surface area (Å²) in [6.45, 7) is 3.97. The van der Waals surface area contributed by atoms with Crippen LogP contribution in [0, 0.1) is 6.92 Å². The highest BCUT2D eigenvalue weighted by Crippen LogP contribution is 2.18. The number of benzene rings is 1. The van der Waals surface area contributed by atoms with E-state index >= 15 is 0 Å². The number of hydrogen-bond acceptors (Lipinski definition) is 4. The Balaban J connectivity index is 0.00000169. The van der Waals surface area contributed by atoms with Crippen LogP contribution in [0.15, 0.2) is 48.8 Å². The number of carbonyl (C=O) groups is 1. The maximum Gasteiger partial charge on any atom is 0.250 e. The summed E-state index contributed by atoms with van der Waals surface area (Å²) in [4.78, 5) is 16.7. The lowest BCUT2D eigenvalue weighted by molar-refractivity contribution is -0.135. The predicted octanol–water partition coefficient (Wildman–Crippen LogP) is 2.62. The number of ether oxygens (including phenoxy) is 1. The topological polar surface area (TPSA) is 63.2 Å². The van der Waals surface area contributed by atoms with Crippen LogP contribution in [-0.2, 0) is 16.0 Å². The van der Waals surface area contributed by atoms with E-state index in [0.29, 0.717) is 13.2 Å². The molecule has 1 amide bonds. The smallest absolute Gasteiger partial charge is 0.250 e. The average molecular weight is 398 g/mol. The van der Waals surface area contributed by atoms with Gasteiger partial charge in [-0.3, -0.25) is 9.78 Å². The third-order valence-corrected chi connectivity index (χ3v) is 4.18. The predicted molar refractivity (Wildman–Crippen MR) is 107 cm³/mol. The Labute approximate surface area is 166 Å². The first kappa shape index (κ1) is 22.4. The lowest BCUT2D eigenvalue weighted by atomic mass is 9.99. The lowest BCUT2D eigenvalue weighted by Gasteiger charge is -2.26. The molecule has 0 radical (unpaired) electrons. The van der Waals surface area contributed by atoms with E-state index in [9.17, 15) is 4.79 Å². The minimum atomic E-state index is -0.434. The Bertz CT molecular complexity index is 662. The molecule has 7 heteroatoms. The molecule has 2 aromatic rings. The number of rotatable bonds is 5. The molecule has 142 valence electrons. The molecule has 1 aromatic carbocycles. The summed E-state index contributed by atoms with van der Waals surface area (Å²) in [5.41, 5.74) is 3.40. The van der Waals surface area contributed by atoms with Crippen LogP contribution in [0.2, 0.25) is 0 Å². The summed E-state index contributed by atoms with van der Waals surface area (Å²) in [7, 11) is 0. The summed E-state index contributed by atoms with van der Waals surface area (Å²) in [6.07, 6.45) is 3.83. The number of hydrogen-bond donors (Lipinski definition) is 2. The molecule has 26 heavy (non-hydrogen) atoms. The van der Waals surface area contributed by atoms with Crippen molar-refractivity contribution < 1.29 is 9.53 Å². The molecule has 5 nitrogen and oxygen atoms in total. The van der Waals surface area contributed by atoms with Gasteiger partial charge in [-0.1, -0.05) is 35.9 Å². The van der Waals surface area contributed by atoms with Crippen LogP contribution in [-0.4, -0.2) is 36.7 Å². The molecule has 0 aliphatic carbocycles. The van der Waals surface area contributed by atoms with Gasteiger partial charge in [-0.2, -0.15) is 0 Å². The minimum Gasteiger partial charge on any atom is -0.366 e. The van der Waals surface area contributed by atoms with E-state index in [-0.39, 0.29) is 36.8 Å². The normalized spacial score (nSPS) is 17.3. The Morgan fingerprint density at radius 2 is 2.08 bits per heavy atom. The number of carbonyl (C=O) groups excluding carboxylic acids is 1. The van der Waals surface area contributed by atoms with E-state index in [4.69, 9.17) is 4.74 Å². The van der Waals surface area contributed by atoms with E-state index < -0.39 is 6.10 Å². The molecule has 1 saturated heterocycles. The van der Waals surface area contributed by atoms with Crippen LogP contribution in [0.25, 0.3) is 0 Å². The van der Waals surface area contributed by atoms with Crippen molar-refractivity contribution in [3.63, 3.8) is 0 Å². The number of morpholine rings is 1. The van der Waals surface area contributed by atoms with E-state index in [1.807, 2.05) is 12.1 Å². The first-order valence-corrected chi connectivity index (χ1v) is 8.30. The molecule has 0 saturated carbocycles. The monoisotopic (exact) mass is 397 g/mol. The van der Waals surface area contributed by atoms with Crippen molar-refractivity contribution in [1.29, 1.82) is 0 Å². The Morgan fingerprint density at radius 3 is 2.69 bits per heavy atom. The zero-order chi connectivity index (χ0) is 16.8. The van der Waals surface area contributed by atoms with E-state index in [1.165, 1.54) is 11.1 Å². The van der Waals surface area contributed by atoms with Crippen molar-refractivity contribution in [3.8, 4) is 0 Å². The molecule has 1 aliphatic rings. The van der Waals surface area contributed by atoms with Gasteiger partial charge in [-0.15, -0.1) is 24.8 Å². The molecule has 2 heterocycles. The highest BCUT2D eigenvalue weighted by molar-refractivity contribution is 5.85. The maximum atomic E-state index is 12.5. The molecule has 2 N–H and O–H groups in total. The van der Waals surface area contributed by atoms with Crippen LogP contribution in [0.1, 0.15) is 22.7 Å². The fraction of sp³-hybridized carbons (Fsp3) is 0.368. The first-order chi connectivity index (χ1) is 11.7. The van der Waals surface area contributed by atoms with Gasteiger partial charge in [0.25, 0.3) is 5.91 Å². The molecular weight excluding hydrogens is 373 g/mol. The standard InChI is InChI=1S/C19H23N3O2.2ClH/c1-14-4-6-15(7-5-14)11-17(16-3-2-8-20-12-16)22-19(23)18-13-21-9-10-24-18;;/h2-8,12,17-18,21H,9-11,13H2,1H3,(H,22,23);2*1H. The van der Waals surface area contributed by atoms with Crippen LogP contribution in [0.5, 0.6) is 0 Å².